The van der Waals surface area contributed by atoms with Crippen LogP contribution in [0.15, 0.2) is 65.7 Å². The van der Waals surface area contributed by atoms with E-state index in [2.05, 4.69) is 26.2 Å². The Morgan fingerprint density at radius 3 is 2.70 bits per heavy atom. The van der Waals surface area contributed by atoms with Gasteiger partial charge in [0.05, 0.1) is 17.5 Å². The van der Waals surface area contributed by atoms with E-state index in [1.54, 1.807) is 30.7 Å². The van der Waals surface area contributed by atoms with Gasteiger partial charge in [-0.1, -0.05) is 28.1 Å². The van der Waals surface area contributed by atoms with Crippen LogP contribution in [0.2, 0.25) is 0 Å². The van der Waals surface area contributed by atoms with Crippen LogP contribution >= 0.6 is 15.9 Å². The highest BCUT2D eigenvalue weighted by Gasteiger charge is 2.35. The van der Waals surface area contributed by atoms with Crippen molar-refractivity contribution in [2.45, 2.75) is 19.4 Å². The van der Waals surface area contributed by atoms with Crippen LogP contribution in [-0.4, -0.2) is 38.7 Å². The third kappa shape index (κ3) is 4.33. The molecule has 0 saturated carbocycles. The summed E-state index contributed by atoms with van der Waals surface area (Å²) in [5.74, 6) is -0.784. The Balaban J connectivity index is 1.30. The van der Waals surface area contributed by atoms with E-state index in [-0.39, 0.29) is 30.7 Å². The lowest BCUT2D eigenvalue weighted by Crippen LogP contribution is -2.31. The van der Waals surface area contributed by atoms with E-state index in [1.165, 1.54) is 4.90 Å². The van der Waals surface area contributed by atoms with Gasteiger partial charge in [-0.2, -0.15) is 0 Å². The molecule has 0 saturated heterocycles. The average molecular weight is 467 g/mol. The highest BCUT2D eigenvalue weighted by Crippen LogP contribution is 2.26. The van der Waals surface area contributed by atoms with Crippen molar-refractivity contribution in [2.75, 3.05) is 11.9 Å². The summed E-state index contributed by atoms with van der Waals surface area (Å²) in [7, 11) is 0. The molecule has 1 aliphatic rings. The first kappa shape index (κ1) is 20.0. The Bertz CT molecular complexity index is 1110. The largest absolute Gasteiger partial charge is 0.333 e. The van der Waals surface area contributed by atoms with Crippen molar-refractivity contribution in [1.29, 1.82) is 0 Å². The number of anilines is 1. The fraction of sp³-hybridized carbons (Fsp3) is 0.182. The molecule has 0 bridgehead atoms. The standard InChI is InChI=1S/C22H19BrN4O3/c23-16-6-7-18-19(12-16)22(30)27(21(18)29)9-2-5-20(28)25-17-4-1-3-15(11-17)13-26-10-8-24-14-26/h1,3-4,6-8,10-12,14H,2,5,9,13H2,(H,25,28). The van der Waals surface area contributed by atoms with Gasteiger partial charge >= 0.3 is 0 Å². The molecule has 1 N–H and O–H groups in total. The Kier molecular flexibility index (Phi) is 5.76. The number of nitrogens with one attached hydrogen (secondary N) is 1. The van der Waals surface area contributed by atoms with Crippen molar-refractivity contribution in [3.63, 3.8) is 0 Å². The Hall–Kier alpha value is -3.26. The fourth-order valence-corrected chi connectivity index (χ4v) is 3.79. The fourth-order valence-electron chi connectivity index (χ4n) is 3.43. The summed E-state index contributed by atoms with van der Waals surface area (Å²) in [4.78, 5) is 42.5. The third-order valence-electron chi connectivity index (χ3n) is 4.85. The first-order chi connectivity index (χ1) is 14.5. The van der Waals surface area contributed by atoms with E-state index in [1.807, 2.05) is 35.0 Å². The maximum absolute atomic E-state index is 12.5. The van der Waals surface area contributed by atoms with Crippen LogP contribution in [-0.2, 0) is 11.3 Å². The van der Waals surface area contributed by atoms with Crippen LogP contribution in [0.5, 0.6) is 0 Å². The number of nitrogens with zero attached hydrogens (tertiary/aromatic N) is 3. The predicted molar refractivity (Wildman–Crippen MR) is 115 cm³/mol. The zero-order valence-corrected chi connectivity index (χ0v) is 17.6. The lowest BCUT2D eigenvalue weighted by atomic mass is 10.1. The number of imide groups is 1. The summed E-state index contributed by atoms with van der Waals surface area (Å²) in [6.07, 6.45) is 5.95. The number of halogens is 1. The van der Waals surface area contributed by atoms with E-state index in [9.17, 15) is 14.4 Å². The normalized spacial score (nSPS) is 12.9. The number of carbonyl (C=O) groups excluding carboxylic acids is 3. The molecule has 7 nitrogen and oxygen atoms in total. The summed E-state index contributed by atoms with van der Waals surface area (Å²) in [6.45, 7) is 0.873. The van der Waals surface area contributed by atoms with Crippen molar-refractivity contribution in [3.05, 3.63) is 82.3 Å². The lowest BCUT2D eigenvalue weighted by Gasteiger charge is -2.13. The van der Waals surface area contributed by atoms with Crippen molar-refractivity contribution < 1.29 is 14.4 Å². The molecule has 3 amide bonds. The second-order valence-electron chi connectivity index (χ2n) is 7.04. The number of fused-ring (bicyclic) bond motifs is 1. The van der Waals surface area contributed by atoms with Crippen molar-refractivity contribution in [3.8, 4) is 0 Å². The zero-order chi connectivity index (χ0) is 21.1. The van der Waals surface area contributed by atoms with Gasteiger partial charge in [-0.25, -0.2) is 4.98 Å². The van der Waals surface area contributed by atoms with E-state index >= 15 is 0 Å². The maximum Gasteiger partial charge on any atom is 0.261 e. The monoisotopic (exact) mass is 466 g/mol. The summed E-state index contributed by atoms with van der Waals surface area (Å²) < 4.78 is 2.69. The number of imidazole rings is 1. The van der Waals surface area contributed by atoms with Crippen LogP contribution in [0.1, 0.15) is 39.1 Å². The quantitative estimate of drug-likeness (QED) is 0.537. The number of aromatic nitrogens is 2. The first-order valence-electron chi connectivity index (χ1n) is 9.51. The summed E-state index contributed by atoms with van der Waals surface area (Å²) in [5.41, 5.74) is 2.56. The van der Waals surface area contributed by atoms with Crippen LogP contribution < -0.4 is 5.32 Å². The van der Waals surface area contributed by atoms with Crippen molar-refractivity contribution >= 4 is 39.3 Å². The van der Waals surface area contributed by atoms with Gasteiger partial charge in [0.25, 0.3) is 11.8 Å². The van der Waals surface area contributed by atoms with E-state index in [0.29, 0.717) is 29.8 Å². The summed E-state index contributed by atoms with van der Waals surface area (Å²) in [6, 6.07) is 12.6. The molecule has 152 valence electrons. The number of amides is 3. The molecule has 4 rings (SSSR count). The molecule has 0 atom stereocenters. The van der Waals surface area contributed by atoms with Gasteiger partial charge in [0, 0.05) is 42.1 Å². The second-order valence-corrected chi connectivity index (χ2v) is 7.95. The summed E-state index contributed by atoms with van der Waals surface area (Å²) >= 11 is 3.32. The SMILES string of the molecule is O=C(CCCN1C(=O)c2ccc(Br)cc2C1=O)Nc1cccc(Cn2ccnc2)c1. The minimum Gasteiger partial charge on any atom is -0.333 e. The second kappa shape index (κ2) is 8.62. The average Bonchev–Trinajstić information content (AvgIpc) is 3.30. The molecule has 30 heavy (non-hydrogen) atoms. The predicted octanol–water partition coefficient (Wildman–Crippen LogP) is 3.71. The number of hydrogen-bond acceptors (Lipinski definition) is 4. The molecule has 1 aromatic heterocycles. The highest BCUT2D eigenvalue weighted by atomic mass is 79.9. The van der Waals surface area contributed by atoms with E-state index < -0.39 is 0 Å². The van der Waals surface area contributed by atoms with Gasteiger partial charge in [-0.3, -0.25) is 19.3 Å². The summed E-state index contributed by atoms with van der Waals surface area (Å²) in [5, 5.41) is 2.88. The molecular weight excluding hydrogens is 448 g/mol. The van der Waals surface area contributed by atoms with Crippen molar-refractivity contribution in [1.82, 2.24) is 14.5 Å². The molecule has 0 fully saturated rings. The van der Waals surface area contributed by atoms with Gasteiger partial charge < -0.3 is 9.88 Å². The number of hydrogen-bond donors (Lipinski definition) is 1. The Labute approximate surface area is 181 Å². The topological polar surface area (TPSA) is 84.3 Å². The molecule has 2 aromatic carbocycles. The van der Waals surface area contributed by atoms with Crippen LogP contribution in [0.3, 0.4) is 0 Å². The minimum absolute atomic E-state index is 0.158. The van der Waals surface area contributed by atoms with Crippen molar-refractivity contribution in [2.24, 2.45) is 0 Å². The van der Waals surface area contributed by atoms with E-state index in [4.69, 9.17) is 0 Å². The molecule has 1 aliphatic heterocycles. The van der Waals surface area contributed by atoms with Gasteiger partial charge in [0.2, 0.25) is 5.91 Å². The van der Waals surface area contributed by atoms with Crippen LogP contribution in [0.25, 0.3) is 0 Å². The molecular formula is C22H19BrN4O3. The van der Waals surface area contributed by atoms with Gasteiger partial charge in [-0.05, 0) is 42.3 Å². The molecule has 2 heterocycles. The maximum atomic E-state index is 12.5. The molecule has 0 aliphatic carbocycles. The highest BCUT2D eigenvalue weighted by molar-refractivity contribution is 9.10. The molecule has 3 aromatic rings. The molecule has 8 heteroatoms. The number of benzene rings is 2. The van der Waals surface area contributed by atoms with Gasteiger partial charge in [0.1, 0.15) is 0 Å². The molecule has 0 unspecified atom stereocenters. The zero-order valence-electron chi connectivity index (χ0n) is 16.0. The molecule has 0 radical (unpaired) electrons. The Morgan fingerprint density at radius 2 is 1.90 bits per heavy atom. The minimum atomic E-state index is -0.316. The van der Waals surface area contributed by atoms with Gasteiger partial charge in [-0.15, -0.1) is 0 Å². The lowest BCUT2D eigenvalue weighted by molar-refractivity contribution is -0.116. The smallest absolute Gasteiger partial charge is 0.261 e. The van der Waals surface area contributed by atoms with Crippen LogP contribution in [0.4, 0.5) is 5.69 Å². The molecule has 0 spiro atoms. The third-order valence-corrected chi connectivity index (χ3v) is 5.35. The number of rotatable bonds is 7. The van der Waals surface area contributed by atoms with E-state index in [0.717, 1.165) is 10.0 Å². The first-order valence-corrected chi connectivity index (χ1v) is 10.3. The number of carbonyl (C=O) groups is 3. The van der Waals surface area contributed by atoms with Gasteiger partial charge in [0.15, 0.2) is 0 Å². The van der Waals surface area contributed by atoms with Crippen LogP contribution in [0, 0.1) is 0 Å². The Morgan fingerprint density at radius 1 is 1.07 bits per heavy atom.